The summed E-state index contributed by atoms with van der Waals surface area (Å²) in [4.78, 5) is 24.6. The molecule has 1 atom stereocenters. The van der Waals surface area contributed by atoms with Crippen molar-refractivity contribution in [3.05, 3.63) is 59.9 Å². The molecule has 0 aliphatic carbocycles. The zero-order valence-corrected chi connectivity index (χ0v) is 15.0. The molecular weight excluding hydrogens is 367 g/mol. The van der Waals surface area contributed by atoms with E-state index in [1.165, 1.54) is 12.1 Å². The molecule has 2 aliphatic rings. The summed E-state index contributed by atoms with van der Waals surface area (Å²) in [6.45, 7) is 1.46. The van der Waals surface area contributed by atoms with Gasteiger partial charge in [0.15, 0.2) is 0 Å². The maximum absolute atomic E-state index is 12.9. The minimum absolute atomic E-state index is 0.0984. The first-order valence-electron chi connectivity index (χ1n) is 8.95. The lowest BCUT2D eigenvalue weighted by atomic mass is 9.92. The number of ether oxygens (including phenoxy) is 3. The van der Waals surface area contributed by atoms with Crippen LogP contribution in [0.2, 0.25) is 0 Å². The second-order valence-corrected chi connectivity index (χ2v) is 6.74. The molecule has 2 aromatic rings. The summed E-state index contributed by atoms with van der Waals surface area (Å²) in [6, 6.07) is 13.2. The van der Waals surface area contributed by atoms with Crippen molar-refractivity contribution < 1.29 is 28.2 Å². The highest BCUT2D eigenvalue weighted by Crippen LogP contribution is 2.30. The van der Waals surface area contributed by atoms with E-state index in [4.69, 9.17) is 14.2 Å². The van der Waals surface area contributed by atoms with Crippen LogP contribution in [0.15, 0.2) is 48.5 Å². The third-order valence-electron chi connectivity index (χ3n) is 4.69. The van der Waals surface area contributed by atoms with Crippen molar-refractivity contribution in [2.24, 2.45) is 0 Å². The largest absolute Gasteiger partial charge is 0.457 e. The predicted octanol–water partition coefficient (Wildman–Crippen LogP) is 3.26. The molecule has 28 heavy (non-hydrogen) atoms. The van der Waals surface area contributed by atoms with Crippen molar-refractivity contribution in [1.29, 1.82) is 0 Å². The van der Waals surface area contributed by atoms with Gasteiger partial charge in [-0.3, -0.25) is 0 Å². The maximum Gasteiger partial charge on any atom is 0.409 e. The molecule has 0 saturated carbocycles. The Morgan fingerprint density at radius 2 is 1.75 bits per heavy atom. The van der Waals surface area contributed by atoms with E-state index in [1.54, 1.807) is 17.0 Å². The monoisotopic (exact) mass is 386 g/mol. The van der Waals surface area contributed by atoms with Gasteiger partial charge in [0, 0.05) is 19.0 Å². The highest BCUT2D eigenvalue weighted by Gasteiger charge is 2.33. The number of halogens is 1. The van der Waals surface area contributed by atoms with Crippen LogP contribution in [0, 0.1) is 5.82 Å². The molecule has 2 fully saturated rings. The van der Waals surface area contributed by atoms with Crippen molar-refractivity contribution >= 4 is 12.2 Å². The number of hydrogen-bond donors (Lipinski definition) is 1. The first kappa shape index (κ1) is 18.1. The lowest BCUT2D eigenvalue weighted by molar-refractivity contribution is 0.0650. The van der Waals surface area contributed by atoms with E-state index in [2.05, 4.69) is 5.32 Å². The minimum atomic E-state index is -0.489. The summed E-state index contributed by atoms with van der Waals surface area (Å²) >= 11 is 0. The van der Waals surface area contributed by atoms with Crippen molar-refractivity contribution in [1.82, 2.24) is 10.2 Å². The van der Waals surface area contributed by atoms with Gasteiger partial charge in [-0.25, -0.2) is 14.0 Å². The van der Waals surface area contributed by atoms with Crippen LogP contribution in [0.25, 0.3) is 0 Å². The Morgan fingerprint density at radius 3 is 2.36 bits per heavy atom. The Kier molecular flexibility index (Phi) is 5.01. The number of nitrogens with zero attached hydrogens (tertiary/aromatic N) is 1. The first-order chi connectivity index (χ1) is 13.6. The van der Waals surface area contributed by atoms with E-state index in [0.717, 1.165) is 5.56 Å². The number of alkyl carbamates (subject to hydrolysis) is 1. The van der Waals surface area contributed by atoms with Gasteiger partial charge in [-0.1, -0.05) is 12.1 Å². The summed E-state index contributed by atoms with van der Waals surface area (Å²) in [5, 5.41) is 2.56. The zero-order chi connectivity index (χ0) is 19.5. The van der Waals surface area contributed by atoms with E-state index in [1.807, 2.05) is 24.3 Å². The highest BCUT2D eigenvalue weighted by molar-refractivity contribution is 5.70. The van der Waals surface area contributed by atoms with Gasteiger partial charge in [0.05, 0.1) is 0 Å². The minimum Gasteiger partial charge on any atom is -0.457 e. The van der Waals surface area contributed by atoms with Crippen LogP contribution in [-0.4, -0.2) is 49.4 Å². The molecule has 4 rings (SSSR count). The van der Waals surface area contributed by atoms with Crippen molar-refractivity contribution in [3.63, 3.8) is 0 Å². The molecule has 2 aromatic carbocycles. The van der Waals surface area contributed by atoms with E-state index < -0.39 is 12.2 Å². The summed E-state index contributed by atoms with van der Waals surface area (Å²) < 4.78 is 28.6. The molecule has 0 aromatic heterocycles. The van der Waals surface area contributed by atoms with E-state index >= 15 is 0 Å². The molecule has 0 unspecified atom stereocenters. The summed E-state index contributed by atoms with van der Waals surface area (Å²) in [6.07, 6.45) is -0.884. The predicted molar refractivity (Wildman–Crippen MR) is 96.8 cm³/mol. The Balaban J connectivity index is 1.23. The number of cyclic esters (lactones) is 1. The van der Waals surface area contributed by atoms with Gasteiger partial charge in [-0.15, -0.1) is 0 Å². The fourth-order valence-electron chi connectivity index (χ4n) is 3.06. The Hall–Kier alpha value is -3.29. The normalized spacial score (nSPS) is 18.8. The Bertz CT molecular complexity index is 850. The van der Waals surface area contributed by atoms with Crippen LogP contribution < -0.4 is 10.1 Å². The van der Waals surface area contributed by atoms with Crippen LogP contribution >= 0.6 is 0 Å². The molecule has 1 N–H and O–H groups in total. The van der Waals surface area contributed by atoms with Crippen molar-refractivity contribution in [2.75, 3.05) is 26.3 Å². The number of likely N-dealkylation sites (tertiary alicyclic amines) is 1. The third-order valence-corrected chi connectivity index (χ3v) is 4.69. The summed E-state index contributed by atoms with van der Waals surface area (Å²) in [5.74, 6) is 1.15. The van der Waals surface area contributed by atoms with Crippen molar-refractivity contribution in [3.8, 4) is 11.5 Å². The number of nitrogens with one attached hydrogen (secondary N) is 1. The van der Waals surface area contributed by atoms with Gasteiger partial charge in [0.2, 0.25) is 0 Å². The molecule has 0 spiro atoms. The average molecular weight is 386 g/mol. The SMILES string of the molecule is O=C1N[C@H](COC(=O)N2CC(c3ccc(Oc4ccc(F)cc4)cc3)C2)CO1. The van der Waals surface area contributed by atoms with Crippen LogP contribution in [0.4, 0.5) is 14.0 Å². The standard InChI is InChI=1S/C20H19FN2O5/c21-15-3-7-18(8-4-15)28-17-5-1-13(2-6-17)14-9-23(10-14)20(25)27-12-16-11-26-19(24)22-16/h1-8,14,16H,9-12H2,(H,22,24)/t16-/m0/s1. The molecule has 7 nitrogen and oxygen atoms in total. The Labute approximate surface area is 161 Å². The zero-order valence-electron chi connectivity index (χ0n) is 15.0. The van der Waals surface area contributed by atoms with Crippen LogP contribution in [0.1, 0.15) is 11.5 Å². The number of carbonyl (C=O) groups excluding carboxylic acids is 2. The fraction of sp³-hybridized carbons (Fsp3) is 0.300. The molecule has 2 amide bonds. The summed E-state index contributed by atoms with van der Waals surface area (Å²) in [5.41, 5.74) is 1.10. The van der Waals surface area contributed by atoms with Gasteiger partial charge >= 0.3 is 12.2 Å². The quantitative estimate of drug-likeness (QED) is 0.854. The smallest absolute Gasteiger partial charge is 0.409 e. The molecule has 2 aliphatic heterocycles. The number of carbonyl (C=O) groups is 2. The first-order valence-corrected chi connectivity index (χ1v) is 8.95. The number of amides is 2. The van der Waals surface area contributed by atoms with E-state index in [0.29, 0.717) is 24.6 Å². The van der Waals surface area contributed by atoms with Gasteiger partial charge in [-0.2, -0.15) is 0 Å². The topological polar surface area (TPSA) is 77.1 Å². The highest BCUT2D eigenvalue weighted by atomic mass is 19.1. The molecular formula is C20H19FN2O5. The molecule has 2 heterocycles. The third kappa shape index (κ3) is 4.16. The van der Waals surface area contributed by atoms with Gasteiger partial charge in [0.25, 0.3) is 0 Å². The molecule has 146 valence electrons. The lowest BCUT2D eigenvalue weighted by Crippen LogP contribution is -2.49. The molecule has 2 saturated heterocycles. The van der Waals surface area contributed by atoms with Crippen LogP contribution in [-0.2, 0) is 9.47 Å². The van der Waals surface area contributed by atoms with Crippen LogP contribution in [0.5, 0.6) is 11.5 Å². The lowest BCUT2D eigenvalue weighted by Gasteiger charge is -2.38. The maximum atomic E-state index is 12.9. The van der Waals surface area contributed by atoms with E-state index in [9.17, 15) is 14.0 Å². The van der Waals surface area contributed by atoms with Gasteiger partial charge < -0.3 is 24.4 Å². The fourth-order valence-corrected chi connectivity index (χ4v) is 3.06. The second-order valence-electron chi connectivity index (χ2n) is 6.74. The van der Waals surface area contributed by atoms with Crippen LogP contribution in [0.3, 0.4) is 0 Å². The summed E-state index contributed by atoms with van der Waals surface area (Å²) in [7, 11) is 0. The second kappa shape index (κ2) is 7.75. The number of rotatable bonds is 5. The van der Waals surface area contributed by atoms with Gasteiger partial charge in [0.1, 0.15) is 36.6 Å². The molecule has 0 bridgehead atoms. The number of hydrogen-bond acceptors (Lipinski definition) is 5. The number of benzene rings is 2. The Morgan fingerprint density at radius 1 is 1.11 bits per heavy atom. The average Bonchev–Trinajstić information content (AvgIpc) is 3.07. The van der Waals surface area contributed by atoms with Crippen molar-refractivity contribution in [2.45, 2.75) is 12.0 Å². The van der Waals surface area contributed by atoms with Gasteiger partial charge in [-0.05, 0) is 42.0 Å². The van der Waals surface area contributed by atoms with E-state index in [-0.39, 0.29) is 31.0 Å². The molecule has 0 radical (unpaired) electrons. The molecule has 8 heteroatoms.